The number of rotatable bonds is 4. The molecule has 2 aromatic carbocycles. The van der Waals surface area contributed by atoms with Crippen molar-refractivity contribution in [3.8, 4) is 17.0 Å². The number of hydrogen-bond donors (Lipinski definition) is 1. The summed E-state index contributed by atoms with van der Waals surface area (Å²) in [6, 6.07) is 9.15. The van der Waals surface area contributed by atoms with E-state index in [-0.39, 0.29) is 11.7 Å². The van der Waals surface area contributed by atoms with Crippen molar-refractivity contribution in [2.75, 3.05) is 12.4 Å². The first-order valence-corrected chi connectivity index (χ1v) is 8.67. The van der Waals surface area contributed by atoms with E-state index in [2.05, 4.69) is 10.3 Å². The number of nitrogens with one attached hydrogen (secondary N) is 1. The Balaban J connectivity index is 1.78. The third-order valence-corrected chi connectivity index (χ3v) is 4.85. The number of hydrogen-bond acceptors (Lipinski definition) is 4. The molecule has 0 aliphatic rings. The molecule has 0 bridgehead atoms. The summed E-state index contributed by atoms with van der Waals surface area (Å²) >= 11 is 13.0. The lowest BCUT2D eigenvalue weighted by Crippen LogP contribution is -2.11. The largest absolute Gasteiger partial charge is 0.494 e. The normalized spacial score (nSPS) is 10.6. The van der Waals surface area contributed by atoms with Crippen molar-refractivity contribution < 1.29 is 13.9 Å². The van der Waals surface area contributed by atoms with Gasteiger partial charge in [0.05, 0.1) is 22.8 Å². The summed E-state index contributed by atoms with van der Waals surface area (Å²) in [5.41, 5.74) is 1.50. The molecule has 1 N–H and O–H groups in total. The SMILES string of the molecule is COc1ccc(-c2csc(NC(=O)c3ccc(Cl)c(Cl)c3)n2)cc1F. The number of carbonyl (C=O) groups excluding carboxylic acids is 1. The monoisotopic (exact) mass is 396 g/mol. The number of anilines is 1. The van der Waals surface area contributed by atoms with Crippen LogP contribution in [0.4, 0.5) is 9.52 Å². The molecule has 128 valence electrons. The second-order valence-electron chi connectivity index (χ2n) is 4.97. The Bertz CT molecular complexity index is 946. The maximum Gasteiger partial charge on any atom is 0.257 e. The van der Waals surface area contributed by atoms with Crippen LogP contribution in [0.1, 0.15) is 10.4 Å². The number of carbonyl (C=O) groups is 1. The predicted octanol–water partition coefficient (Wildman–Crippen LogP) is 5.52. The quantitative estimate of drug-likeness (QED) is 0.631. The summed E-state index contributed by atoms with van der Waals surface area (Å²) in [6.07, 6.45) is 0. The Hall–Kier alpha value is -2.15. The lowest BCUT2D eigenvalue weighted by atomic mass is 10.1. The highest BCUT2D eigenvalue weighted by Crippen LogP contribution is 2.29. The van der Waals surface area contributed by atoms with Crippen LogP contribution in [0.3, 0.4) is 0 Å². The lowest BCUT2D eigenvalue weighted by molar-refractivity contribution is 0.102. The van der Waals surface area contributed by atoms with Crippen molar-refractivity contribution in [1.82, 2.24) is 4.98 Å². The van der Waals surface area contributed by atoms with Gasteiger partial charge in [-0.2, -0.15) is 0 Å². The van der Waals surface area contributed by atoms with Gasteiger partial charge in [0.15, 0.2) is 16.7 Å². The van der Waals surface area contributed by atoms with E-state index in [1.54, 1.807) is 23.6 Å². The number of aromatic nitrogens is 1. The van der Waals surface area contributed by atoms with Gasteiger partial charge < -0.3 is 4.74 Å². The Morgan fingerprint density at radius 2 is 2.00 bits per heavy atom. The molecule has 0 atom stereocenters. The van der Waals surface area contributed by atoms with Crippen LogP contribution >= 0.6 is 34.5 Å². The molecule has 1 aromatic heterocycles. The Labute approximate surface area is 157 Å². The summed E-state index contributed by atoms with van der Waals surface area (Å²) in [4.78, 5) is 16.5. The average molecular weight is 397 g/mol. The van der Waals surface area contributed by atoms with Crippen LogP contribution in [-0.2, 0) is 0 Å². The highest BCUT2D eigenvalue weighted by atomic mass is 35.5. The van der Waals surface area contributed by atoms with Crippen molar-refractivity contribution >= 4 is 45.6 Å². The third kappa shape index (κ3) is 3.92. The molecule has 0 saturated carbocycles. The maximum atomic E-state index is 13.8. The van der Waals surface area contributed by atoms with Gasteiger partial charge in [-0.1, -0.05) is 23.2 Å². The van der Waals surface area contributed by atoms with E-state index in [0.717, 1.165) is 0 Å². The molecule has 4 nitrogen and oxygen atoms in total. The summed E-state index contributed by atoms with van der Waals surface area (Å²) < 4.78 is 18.7. The molecule has 3 rings (SSSR count). The van der Waals surface area contributed by atoms with Crippen molar-refractivity contribution in [3.63, 3.8) is 0 Å². The molecule has 0 aliphatic heterocycles. The van der Waals surface area contributed by atoms with Crippen molar-refractivity contribution in [1.29, 1.82) is 0 Å². The van der Waals surface area contributed by atoms with Gasteiger partial charge in [-0.25, -0.2) is 9.37 Å². The van der Waals surface area contributed by atoms with E-state index in [9.17, 15) is 9.18 Å². The Morgan fingerprint density at radius 3 is 2.68 bits per heavy atom. The zero-order chi connectivity index (χ0) is 18.0. The summed E-state index contributed by atoms with van der Waals surface area (Å²) in [5.74, 6) is -0.679. The van der Waals surface area contributed by atoms with Gasteiger partial charge in [0.2, 0.25) is 0 Å². The van der Waals surface area contributed by atoms with Gasteiger partial charge in [-0.05, 0) is 36.4 Å². The molecular formula is C17H11Cl2FN2O2S. The highest BCUT2D eigenvalue weighted by Gasteiger charge is 2.12. The number of methoxy groups -OCH3 is 1. The first-order chi connectivity index (χ1) is 12.0. The smallest absolute Gasteiger partial charge is 0.257 e. The van der Waals surface area contributed by atoms with E-state index in [4.69, 9.17) is 27.9 Å². The van der Waals surface area contributed by atoms with E-state index in [1.807, 2.05) is 0 Å². The Morgan fingerprint density at radius 1 is 1.20 bits per heavy atom. The zero-order valence-corrected chi connectivity index (χ0v) is 15.2. The van der Waals surface area contributed by atoms with Crippen molar-refractivity contribution in [3.05, 3.63) is 63.2 Å². The van der Waals surface area contributed by atoms with Crippen LogP contribution in [0.5, 0.6) is 5.75 Å². The van der Waals surface area contributed by atoms with Crippen molar-refractivity contribution in [2.24, 2.45) is 0 Å². The topological polar surface area (TPSA) is 51.2 Å². The van der Waals surface area contributed by atoms with Crippen LogP contribution in [-0.4, -0.2) is 18.0 Å². The molecular weight excluding hydrogens is 386 g/mol. The fourth-order valence-corrected chi connectivity index (χ4v) is 3.11. The van der Waals surface area contributed by atoms with Gasteiger partial charge in [0.25, 0.3) is 5.91 Å². The number of amides is 1. The molecule has 0 fully saturated rings. The fraction of sp³-hybridized carbons (Fsp3) is 0.0588. The molecule has 0 unspecified atom stereocenters. The standard InChI is InChI=1S/C17H11Cl2FN2O2S/c1-24-15-5-3-9(7-13(15)20)14-8-25-17(21-14)22-16(23)10-2-4-11(18)12(19)6-10/h2-8H,1H3,(H,21,22,23). The van der Waals surface area contributed by atoms with E-state index in [1.165, 1.54) is 36.6 Å². The Kier molecular flexibility index (Phi) is 5.22. The van der Waals surface area contributed by atoms with Crippen LogP contribution in [0.15, 0.2) is 41.8 Å². The van der Waals surface area contributed by atoms with Crippen LogP contribution in [0.25, 0.3) is 11.3 Å². The summed E-state index contributed by atoms with van der Waals surface area (Å²) in [7, 11) is 1.40. The number of ether oxygens (including phenoxy) is 1. The van der Waals surface area contributed by atoms with Gasteiger partial charge in [0.1, 0.15) is 0 Å². The van der Waals surface area contributed by atoms with Gasteiger partial charge in [-0.3, -0.25) is 10.1 Å². The first kappa shape index (κ1) is 17.7. The molecule has 0 saturated heterocycles. The molecule has 1 heterocycles. The minimum absolute atomic E-state index is 0.159. The molecule has 0 spiro atoms. The zero-order valence-electron chi connectivity index (χ0n) is 12.8. The second kappa shape index (κ2) is 7.39. The third-order valence-electron chi connectivity index (χ3n) is 3.35. The predicted molar refractivity (Wildman–Crippen MR) is 98.5 cm³/mol. The molecule has 0 radical (unpaired) electrons. The molecule has 0 aliphatic carbocycles. The van der Waals surface area contributed by atoms with Gasteiger partial charge in [0, 0.05) is 16.5 Å². The maximum absolute atomic E-state index is 13.8. The first-order valence-electron chi connectivity index (χ1n) is 7.04. The fourth-order valence-electron chi connectivity index (χ4n) is 2.10. The van der Waals surface area contributed by atoms with Gasteiger partial charge >= 0.3 is 0 Å². The number of benzene rings is 2. The molecule has 1 amide bonds. The van der Waals surface area contributed by atoms with E-state index >= 15 is 0 Å². The van der Waals surface area contributed by atoms with Crippen LogP contribution in [0.2, 0.25) is 10.0 Å². The van der Waals surface area contributed by atoms with Crippen molar-refractivity contribution in [2.45, 2.75) is 0 Å². The molecule has 25 heavy (non-hydrogen) atoms. The molecule has 8 heteroatoms. The lowest BCUT2D eigenvalue weighted by Gasteiger charge is -2.04. The summed E-state index contributed by atoms with van der Waals surface area (Å²) in [5, 5.41) is 5.47. The molecule has 3 aromatic rings. The number of halogens is 3. The highest BCUT2D eigenvalue weighted by molar-refractivity contribution is 7.14. The van der Waals surface area contributed by atoms with Gasteiger partial charge in [-0.15, -0.1) is 11.3 Å². The summed E-state index contributed by atoms with van der Waals surface area (Å²) in [6.45, 7) is 0. The second-order valence-corrected chi connectivity index (χ2v) is 6.64. The average Bonchev–Trinajstić information content (AvgIpc) is 3.05. The van der Waals surface area contributed by atoms with Crippen LogP contribution in [0, 0.1) is 5.82 Å². The van der Waals surface area contributed by atoms with E-state index < -0.39 is 5.82 Å². The number of thiazole rings is 1. The number of nitrogens with zero attached hydrogens (tertiary/aromatic N) is 1. The van der Waals surface area contributed by atoms with E-state index in [0.29, 0.717) is 32.0 Å². The van der Waals surface area contributed by atoms with Crippen LogP contribution < -0.4 is 10.1 Å². The minimum atomic E-state index is -0.477. The minimum Gasteiger partial charge on any atom is -0.494 e.